The van der Waals surface area contributed by atoms with E-state index in [2.05, 4.69) is 6.07 Å². The lowest BCUT2D eigenvalue weighted by Gasteiger charge is -1.86. The molecule has 0 aliphatic carbocycles. The van der Waals surface area contributed by atoms with Gasteiger partial charge in [0.2, 0.25) is 0 Å². The predicted octanol–water partition coefficient (Wildman–Crippen LogP) is 3.77. The van der Waals surface area contributed by atoms with Crippen molar-refractivity contribution in [2.75, 3.05) is 5.88 Å². The molecule has 2 rings (SSSR count). The maximum absolute atomic E-state index is 5.62. The lowest BCUT2D eigenvalue weighted by Crippen LogP contribution is -1.73. The van der Waals surface area contributed by atoms with Gasteiger partial charge in [-0.3, -0.25) is 0 Å². The van der Waals surface area contributed by atoms with Crippen molar-refractivity contribution in [3.05, 3.63) is 48.2 Å². The van der Waals surface area contributed by atoms with Crippen LogP contribution < -0.4 is 0 Å². The van der Waals surface area contributed by atoms with Gasteiger partial charge in [-0.25, -0.2) is 0 Å². The zero-order valence-electron chi connectivity index (χ0n) is 7.74. The average Bonchev–Trinajstić information content (AvgIpc) is 2.60. The Labute approximate surface area is 88.0 Å². The third kappa shape index (κ3) is 1.99. The molecule has 1 heterocycles. The van der Waals surface area contributed by atoms with E-state index in [1.165, 1.54) is 0 Å². The second-order valence-electron chi connectivity index (χ2n) is 3.08. The number of rotatable bonds is 3. The molecule has 1 nitrogen and oxygen atoms in total. The summed E-state index contributed by atoms with van der Waals surface area (Å²) in [6, 6.07) is 10.1. The highest BCUT2D eigenvalue weighted by molar-refractivity contribution is 6.18. The Balaban J connectivity index is 2.23. The molecule has 72 valence electrons. The normalized spacial score (nSPS) is 11.5. The largest absolute Gasteiger partial charge is 0.461 e. The summed E-state index contributed by atoms with van der Waals surface area (Å²) in [4.78, 5) is 0. The SMILES string of the molecule is ClC/C=C/Cc1cc2ccccc2o1. The van der Waals surface area contributed by atoms with Gasteiger partial charge in [0.25, 0.3) is 0 Å². The van der Waals surface area contributed by atoms with Crippen molar-refractivity contribution in [2.24, 2.45) is 0 Å². The molecule has 0 N–H and O–H groups in total. The molecule has 0 spiro atoms. The van der Waals surface area contributed by atoms with E-state index < -0.39 is 0 Å². The van der Waals surface area contributed by atoms with Gasteiger partial charge in [0.1, 0.15) is 11.3 Å². The van der Waals surface area contributed by atoms with Crippen molar-refractivity contribution in [1.82, 2.24) is 0 Å². The number of allylic oxidation sites excluding steroid dienone is 2. The predicted molar refractivity (Wildman–Crippen MR) is 59.8 cm³/mol. The van der Waals surface area contributed by atoms with Crippen molar-refractivity contribution in [3.63, 3.8) is 0 Å². The van der Waals surface area contributed by atoms with E-state index in [4.69, 9.17) is 16.0 Å². The Hall–Kier alpha value is -1.21. The van der Waals surface area contributed by atoms with Gasteiger partial charge < -0.3 is 4.42 Å². The Morgan fingerprint density at radius 3 is 2.86 bits per heavy atom. The lowest BCUT2D eigenvalue weighted by atomic mass is 10.2. The third-order valence-corrected chi connectivity index (χ3v) is 2.23. The summed E-state index contributed by atoms with van der Waals surface area (Å²) in [6.45, 7) is 0. The van der Waals surface area contributed by atoms with Crippen molar-refractivity contribution >= 4 is 22.6 Å². The molecule has 0 saturated carbocycles. The van der Waals surface area contributed by atoms with Gasteiger partial charge >= 0.3 is 0 Å². The van der Waals surface area contributed by atoms with Gasteiger partial charge in [0.15, 0.2) is 0 Å². The molecular formula is C12H11ClO. The zero-order valence-corrected chi connectivity index (χ0v) is 8.50. The number of furan rings is 1. The van der Waals surface area contributed by atoms with E-state index in [1.54, 1.807) is 0 Å². The fraction of sp³-hybridized carbons (Fsp3) is 0.167. The minimum Gasteiger partial charge on any atom is -0.461 e. The number of halogens is 1. The van der Waals surface area contributed by atoms with Crippen molar-refractivity contribution in [1.29, 1.82) is 0 Å². The van der Waals surface area contributed by atoms with Crippen LogP contribution in [0.3, 0.4) is 0 Å². The fourth-order valence-corrected chi connectivity index (χ4v) is 1.53. The molecule has 1 aromatic carbocycles. The van der Waals surface area contributed by atoms with Gasteiger partial charge in [-0.1, -0.05) is 30.4 Å². The summed E-state index contributed by atoms with van der Waals surface area (Å²) in [5.74, 6) is 1.54. The van der Waals surface area contributed by atoms with Crippen LogP contribution in [0, 0.1) is 0 Å². The van der Waals surface area contributed by atoms with Crippen LogP contribution >= 0.6 is 11.6 Å². The molecule has 0 fully saturated rings. The molecule has 0 aliphatic rings. The summed E-state index contributed by atoms with van der Waals surface area (Å²) in [6.07, 6.45) is 4.75. The first-order chi connectivity index (χ1) is 6.90. The second-order valence-corrected chi connectivity index (χ2v) is 3.39. The number of fused-ring (bicyclic) bond motifs is 1. The smallest absolute Gasteiger partial charge is 0.134 e. The Bertz CT molecular complexity index is 409. The monoisotopic (exact) mass is 206 g/mol. The quantitative estimate of drug-likeness (QED) is 0.551. The van der Waals surface area contributed by atoms with Gasteiger partial charge in [0, 0.05) is 17.7 Å². The van der Waals surface area contributed by atoms with E-state index in [9.17, 15) is 0 Å². The lowest BCUT2D eigenvalue weighted by molar-refractivity contribution is 0.565. The summed E-state index contributed by atoms with van der Waals surface area (Å²) >= 11 is 5.53. The molecule has 14 heavy (non-hydrogen) atoms. The number of alkyl halides is 1. The van der Waals surface area contributed by atoms with Crippen LogP contribution in [-0.2, 0) is 6.42 Å². The number of hydrogen-bond donors (Lipinski definition) is 0. The molecule has 2 heteroatoms. The second kappa shape index (κ2) is 4.34. The summed E-state index contributed by atoms with van der Waals surface area (Å²) in [7, 11) is 0. The molecule has 0 saturated heterocycles. The molecule has 2 aromatic rings. The average molecular weight is 207 g/mol. The third-order valence-electron chi connectivity index (χ3n) is 2.05. The summed E-state index contributed by atoms with van der Waals surface area (Å²) < 4.78 is 5.62. The number of para-hydroxylation sites is 1. The van der Waals surface area contributed by atoms with Crippen LogP contribution in [0.1, 0.15) is 5.76 Å². The minimum absolute atomic E-state index is 0.556. The fourth-order valence-electron chi connectivity index (χ4n) is 1.40. The first-order valence-electron chi connectivity index (χ1n) is 4.58. The van der Waals surface area contributed by atoms with Crippen LogP contribution in [0.25, 0.3) is 11.0 Å². The van der Waals surface area contributed by atoms with Crippen LogP contribution in [0.2, 0.25) is 0 Å². The van der Waals surface area contributed by atoms with Gasteiger partial charge in [-0.2, -0.15) is 0 Å². The number of benzene rings is 1. The summed E-state index contributed by atoms with van der Waals surface area (Å²) in [5, 5.41) is 1.15. The van der Waals surface area contributed by atoms with E-state index >= 15 is 0 Å². The molecule has 0 radical (unpaired) electrons. The van der Waals surface area contributed by atoms with E-state index in [-0.39, 0.29) is 0 Å². The Kier molecular flexibility index (Phi) is 2.90. The van der Waals surface area contributed by atoms with E-state index in [0.29, 0.717) is 5.88 Å². The molecule has 0 aliphatic heterocycles. The molecule has 0 amide bonds. The molecule has 0 bridgehead atoms. The van der Waals surface area contributed by atoms with Crippen molar-refractivity contribution < 1.29 is 4.42 Å². The summed E-state index contributed by atoms with van der Waals surface area (Å²) in [5.41, 5.74) is 0.946. The first kappa shape index (κ1) is 9.35. The molecule has 1 aromatic heterocycles. The zero-order chi connectivity index (χ0) is 9.80. The van der Waals surface area contributed by atoms with Gasteiger partial charge in [-0.05, 0) is 12.1 Å². The topological polar surface area (TPSA) is 13.1 Å². The highest BCUT2D eigenvalue weighted by atomic mass is 35.5. The maximum Gasteiger partial charge on any atom is 0.134 e. The first-order valence-corrected chi connectivity index (χ1v) is 5.12. The van der Waals surface area contributed by atoms with Crippen LogP contribution in [-0.4, -0.2) is 5.88 Å². The highest BCUT2D eigenvalue weighted by Gasteiger charge is 1.99. The molecular weight excluding hydrogens is 196 g/mol. The Morgan fingerprint density at radius 2 is 2.07 bits per heavy atom. The van der Waals surface area contributed by atoms with Crippen LogP contribution in [0.5, 0.6) is 0 Å². The highest BCUT2D eigenvalue weighted by Crippen LogP contribution is 2.19. The Morgan fingerprint density at radius 1 is 1.21 bits per heavy atom. The molecule has 0 atom stereocenters. The standard InChI is InChI=1S/C12H11ClO/c13-8-4-3-6-11-9-10-5-1-2-7-12(10)14-11/h1-5,7,9H,6,8H2/b4-3+. The molecule has 0 unspecified atom stereocenters. The van der Waals surface area contributed by atoms with E-state index in [1.807, 2.05) is 36.4 Å². The van der Waals surface area contributed by atoms with Crippen molar-refractivity contribution in [3.8, 4) is 0 Å². The van der Waals surface area contributed by atoms with Gasteiger partial charge in [-0.15, -0.1) is 11.6 Å². The van der Waals surface area contributed by atoms with Crippen molar-refractivity contribution in [2.45, 2.75) is 6.42 Å². The van der Waals surface area contributed by atoms with Crippen LogP contribution in [0.15, 0.2) is 46.9 Å². The van der Waals surface area contributed by atoms with E-state index in [0.717, 1.165) is 23.2 Å². The van der Waals surface area contributed by atoms with Crippen LogP contribution in [0.4, 0.5) is 0 Å². The number of hydrogen-bond acceptors (Lipinski definition) is 1. The van der Waals surface area contributed by atoms with Gasteiger partial charge in [0.05, 0.1) is 0 Å². The minimum atomic E-state index is 0.556. The maximum atomic E-state index is 5.62.